The molecule has 1 rings (SSSR count). The number of primary sulfonamides is 1. The molecule has 0 saturated heterocycles. The second-order valence-electron chi connectivity index (χ2n) is 4.27. The number of nitrogens with two attached hydrogens (primary N) is 2. The minimum atomic E-state index is -3.53. The molecule has 118 valence electrons. The van der Waals surface area contributed by atoms with Crippen LogP contribution in [0, 0.1) is 0 Å². The number of amides is 1. The highest BCUT2D eigenvalue weighted by Gasteiger charge is 2.15. The van der Waals surface area contributed by atoms with Crippen LogP contribution in [0.15, 0.2) is 12.1 Å². The smallest absolute Gasteiger partial charge is 0.253 e. The number of nitrogens with one attached hydrogen (secondary N) is 1. The van der Waals surface area contributed by atoms with E-state index in [1.165, 1.54) is 20.3 Å². The first-order valence-corrected chi connectivity index (χ1v) is 7.80. The third kappa shape index (κ3) is 5.12. The lowest BCUT2D eigenvalue weighted by molar-refractivity contribution is 0.0954. The number of sulfonamides is 1. The Morgan fingerprint density at radius 3 is 2.48 bits per heavy atom. The molecule has 9 heteroatoms. The van der Waals surface area contributed by atoms with Crippen molar-refractivity contribution in [3.63, 3.8) is 0 Å². The molecule has 21 heavy (non-hydrogen) atoms. The fourth-order valence-electron chi connectivity index (χ4n) is 1.65. The average molecular weight is 317 g/mol. The molecule has 0 heterocycles. The third-order valence-electron chi connectivity index (χ3n) is 2.71. The highest BCUT2D eigenvalue weighted by molar-refractivity contribution is 7.89. The Bertz CT molecular complexity index is 616. The van der Waals surface area contributed by atoms with Gasteiger partial charge >= 0.3 is 0 Å². The molecule has 0 radical (unpaired) electrons. The third-order valence-corrected chi connectivity index (χ3v) is 3.56. The Balaban J connectivity index is 2.78. The standard InChI is InChI=1S/C12H19N3O5S/c1-19-8-6-9(11(13)10(7-8)20-2)12(16)15-4-3-5-21(14,17)18/h6-7H,3-5,13H2,1-2H3,(H,15,16)(H2,14,17,18). The lowest BCUT2D eigenvalue weighted by Gasteiger charge is -2.12. The van der Waals surface area contributed by atoms with Gasteiger partial charge in [-0.25, -0.2) is 13.6 Å². The minimum Gasteiger partial charge on any atom is -0.497 e. The van der Waals surface area contributed by atoms with Crippen LogP contribution in [0.4, 0.5) is 5.69 Å². The van der Waals surface area contributed by atoms with E-state index >= 15 is 0 Å². The van der Waals surface area contributed by atoms with Crippen molar-refractivity contribution < 1.29 is 22.7 Å². The van der Waals surface area contributed by atoms with Crippen LogP contribution in [0.1, 0.15) is 16.8 Å². The molecule has 0 aromatic heterocycles. The topological polar surface area (TPSA) is 134 Å². The Kier molecular flexibility index (Phi) is 5.79. The van der Waals surface area contributed by atoms with Crippen molar-refractivity contribution in [3.05, 3.63) is 17.7 Å². The van der Waals surface area contributed by atoms with Gasteiger partial charge in [0.25, 0.3) is 5.91 Å². The summed E-state index contributed by atoms with van der Waals surface area (Å²) in [5.74, 6) is 0.100. The molecule has 1 aromatic carbocycles. The first-order chi connectivity index (χ1) is 9.78. The van der Waals surface area contributed by atoms with Gasteiger partial charge in [-0.05, 0) is 12.5 Å². The van der Waals surface area contributed by atoms with Gasteiger partial charge in [0.05, 0.1) is 31.2 Å². The van der Waals surface area contributed by atoms with E-state index in [0.29, 0.717) is 11.5 Å². The number of carbonyl (C=O) groups excluding carboxylic acids is 1. The van der Waals surface area contributed by atoms with Gasteiger partial charge in [-0.15, -0.1) is 0 Å². The first-order valence-electron chi connectivity index (χ1n) is 6.08. The lowest BCUT2D eigenvalue weighted by Crippen LogP contribution is -2.28. The van der Waals surface area contributed by atoms with Gasteiger partial charge < -0.3 is 20.5 Å². The highest BCUT2D eigenvalue weighted by Crippen LogP contribution is 2.30. The molecule has 1 amide bonds. The Labute approximate surface area is 123 Å². The largest absolute Gasteiger partial charge is 0.497 e. The summed E-state index contributed by atoms with van der Waals surface area (Å²) in [4.78, 5) is 12.0. The zero-order valence-electron chi connectivity index (χ0n) is 11.9. The molecule has 0 bridgehead atoms. The summed E-state index contributed by atoms with van der Waals surface area (Å²) in [5, 5.41) is 7.43. The second-order valence-corrected chi connectivity index (χ2v) is 6.00. The molecule has 0 aliphatic rings. The van der Waals surface area contributed by atoms with Crippen molar-refractivity contribution in [2.24, 2.45) is 5.14 Å². The van der Waals surface area contributed by atoms with Gasteiger partial charge in [0.15, 0.2) is 0 Å². The van der Waals surface area contributed by atoms with Crippen molar-refractivity contribution in [2.45, 2.75) is 6.42 Å². The summed E-state index contributed by atoms with van der Waals surface area (Å²) in [6.45, 7) is 0.161. The Morgan fingerprint density at radius 2 is 1.95 bits per heavy atom. The van der Waals surface area contributed by atoms with E-state index < -0.39 is 15.9 Å². The predicted octanol–water partition coefficient (Wildman–Crippen LogP) is -0.306. The summed E-state index contributed by atoms with van der Waals surface area (Å²) < 4.78 is 31.7. The van der Waals surface area contributed by atoms with Crippen LogP contribution in [-0.4, -0.2) is 40.8 Å². The average Bonchev–Trinajstić information content (AvgIpc) is 2.42. The molecular formula is C12H19N3O5S. The zero-order valence-corrected chi connectivity index (χ0v) is 12.7. The lowest BCUT2D eigenvalue weighted by atomic mass is 10.1. The van der Waals surface area contributed by atoms with E-state index in [1.54, 1.807) is 6.07 Å². The number of carbonyl (C=O) groups is 1. The normalized spacial score (nSPS) is 11.0. The number of hydrogen-bond acceptors (Lipinski definition) is 6. The minimum absolute atomic E-state index is 0.161. The Hall–Kier alpha value is -2.00. The molecule has 5 N–H and O–H groups in total. The van der Waals surface area contributed by atoms with Crippen molar-refractivity contribution in [1.29, 1.82) is 0 Å². The molecular weight excluding hydrogens is 298 g/mol. The monoisotopic (exact) mass is 317 g/mol. The van der Waals surface area contributed by atoms with Crippen LogP contribution in [-0.2, 0) is 10.0 Å². The SMILES string of the molecule is COc1cc(OC)c(N)c(C(=O)NCCCS(N)(=O)=O)c1. The van der Waals surface area contributed by atoms with E-state index in [2.05, 4.69) is 5.32 Å². The molecule has 0 unspecified atom stereocenters. The zero-order chi connectivity index (χ0) is 16.0. The summed E-state index contributed by atoms with van der Waals surface area (Å²) >= 11 is 0. The van der Waals surface area contributed by atoms with Crippen LogP contribution in [0.25, 0.3) is 0 Å². The van der Waals surface area contributed by atoms with Gasteiger partial charge in [-0.1, -0.05) is 0 Å². The maximum atomic E-state index is 12.0. The number of ether oxygens (including phenoxy) is 2. The second kappa shape index (κ2) is 7.14. The van der Waals surface area contributed by atoms with Gasteiger partial charge in [0.2, 0.25) is 10.0 Å². The molecule has 0 fully saturated rings. The first kappa shape index (κ1) is 17.1. The van der Waals surface area contributed by atoms with E-state index in [1.807, 2.05) is 0 Å². The summed E-state index contributed by atoms with van der Waals surface area (Å²) in [7, 11) is -0.646. The number of nitrogen functional groups attached to an aromatic ring is 1. The van der Waals surface area contributed by atoms with Gasteiger partial charge in [0, 0.05) is 12.6 Å². The van der Waals surface area contributed by atoms with Crippen molar-refractivity contribution >= 4 is 21.6 Å². The number of hydrogen-bond donors (Lipinski definition) is 3. The van der Waals surface area contributed by atoms with Crippen LogP contribution < -0.4 is 25.7 Å². The number of benzene rings is 1. The van der Waals surface area contributed by atoms with Crippen LogP contribution in [0.2, 0.25) is 0 Å². The van der Waals surface area contributed by atoms with E-state index in [4.69, 9.17) is 20.3 Å². The van der Waals surface area contributed by atoms with E-state index in [9.17, 15) is 13.2 Å². The summed E-state index contributed by atoms with van der Waals surface area (Å²) in [6, 6.07) is 3.04. The maximum absolute atomic E-state index is 12.0. The van der Waals surface area contributed by atoms with Gasteiger partial charge in [-0.3, -0.25) is 4.79 Å². The summed E-state index contributed by atoms with van der Waals surface area (Å²) in [6.07, 6.45) is 0.214. The van der Waals surface area contributed by atoms with Gasteiger partial charge in [-0.2, -0.15) is 0 Å². The van der Waals surface area contributed by atoms with Crippen molar-refractivity contribution in [3.8, 4) is 11.5 Å². The Morgan fingerprint density at radius 1 is 1.29 bits per heavy atom. The fraction of sp³-hybridized carbons (Fsp3) is 0.417. The van der Waals surface area contributed by atoms with Crippen LogP contribution >= 0.6 is 0 Å². The quantitative estimate of drug-likeness (QED) is 0.467. The van der Waals surface area contributed by atoms with Crippen LogP contribution in [0.3, 0.4) is 0 Å². The highest BCUT2D eigenvalue weighted by atomic mass is 32.2. The number of anilines is 1. The number of rotatable bonds is 7. The maximum Gasteiger partial charge on any atom is 0.253 e. The van der Waals surface area contributed by atoms with E-state index in [0.717, 1.165) is 0 Å². The van der Waals surface area contributed by atoms with Gasteiger partial charge in [0.1, 0.15) is 11.5 Å². The fourth-order valence-corrected chi connectivity index (χ4v) is 2.19. The van der Waals surface area contributed by atoms with Crippen molar-refractivity contribution in [2.75, 3.05) is 32.3 Å². The molecule has 0 saturated carbocycles. The van der Waals surface area contributed by atoms with E-state index in [-0.39, 0.29) is 30.0 Å². The molecule has 0 spiro atoms. The predicted molar refractivity (Wildman–Crippen MR) is 78.9 cm³/mol. The summed E-state index contributed by atoms with van der Waals surface area (Å²) in [5.41, 5.74) is 6.21. The molecule has 1 aromatic rings. The van der Waals surface area contributed by atoms with Crippen molar-refractivity contribution in [1.82, 2.24) is 5.32 Å². The van der Waals surface area contributed by atoms with Crippen LogP contribution in [0.5, 0.6) is 11.5 Å². The molecule has 0 atom stereocenters. The molecule has 0 aliphatic carbocycles. The molecule has 0 aliphatic heterocycles. The number of methoxy groups -OCH3 is 2. The molecule has 8 nitrogen and oxygen atoms in total.